The van der Waals surface area contributed by atoms with Crippen molar-refractivity contribution < 1.29 is 13.5 Å². The molecule has 0 bridgehead atoms. The van der Waals surface area contributed by atoms with Crippen LogP contribution in [0.4, 0.5) is 14.7 Å². The van der Waals surface area contributed by atoms with Crippen LogP contribution in [0, 0.1) is 17.6 Å². The van der Waals surface area contributed by atoms with E-state index in [1.807, 2.05) is 18.5 Å². The molecule has 0 aliphatic carbocycles. The molecule has 1 fully saturated rings. The molecule has 1 saturated heterocycles. The fraction of sp³-hybridized carbons (Fsp3) is 0.346. The zero-order valence-electron chi connectivity index (χ0n) is 20.0. The van der Waals surface area contributed by atoms with Crippen molar-refractivity contribution in [1.29, 1.82) is 0 Å². The number of aliphatic imine (C=N–C) groups is 1. The van der Waals surface area contributed by atoms with E-state index in [9.17, 15) is 8.78 Å². The van der Waals surface area contributed by atoms with E-state index in [0.717, 1.165) is 43.9 Å². The Kier molecular flexibility index (Phi) is 7.87. The van der Waals surface area contributed by atoms with Crippen LogP contribution in [0.15, 0.2) is 53.8 Å². The van der Waals surface area contributed by atoms with E-state index in [4.69, 9.17) is 10.6 Å². The quantitative estimate of drug-likeness (QED) is 0.229. The summed E-state index contributed by atoms with van der Waals surface area (Å²) in [6.07, 6.45) is 6.29. The highest BCUT2D eigenvalue weighted by molar-refractivity contribution is 5.99. The second-order valence-corrected chi connectivity index (χ2v) is 8.55. The number of aryl methyl sites for hydroxylation is 1. The maximum Gasteiger partial charge on any atom is 0.225 e. The molecular weight excluding hydrogens is 450 g/mol. The topological polar surface area (TPSA) is 88.7 Å². The van der Waals surface area contributed by atoms with Crippen molar-refractivity contribution in [3.8, 4) is 16.9 Å². The van der Waals surface area contributed by atoms with Gasteiger partial charge in [-0.3, -0.25) is 4.99 Å². The fourth-order valence-corrected chi connectivity index (χ4v) is 4.18. The molecule has 0 saturated carbocycles. The van der Waals surface area contributed by atoms with Crippen LogP contribution in [0.1, 0.15) is 30.9 Å². The van der Waals surface area contributed by atoms with Crippen LogP contribution >= 0.6 is 0 Å². The van der Waals surface area contributed by atoms with E-state index in [-0.39, 0.29) is 18.3 Å². The number of ether oxygens (including phenoxy) is 1. The number of piperidine rings is 1. The van der Waals surface area contributed by atoms with Gasteiger partial charge in [0.05, 0.1) is 6.61 Å². The normalized spacial score (nSPS) is 14.8. The first-order chi connectivity index (χ1) is 17.0. The maximum absolute atomic E-state index is 14.8. The van der Waals surface area contributed by atoms with Crippen LogP contribution in [0.2, 0.25) is 0 Å². The minimum atomic E-state index is -0.728. The monoisotopic (exact) mass is 480 g/mol. The minimum Gasteiger partial charge on any atom is -0.487 e. The summed E-state index contributed by atoms with van der Waals surface area (Å²) in [5.74, 6) is 5.09. The molecule has 3 aromatic rings. The fourth-order valence-electron chi connectivity index (χ4n) is 4.18. The summed E-state index contributed by atoms with van der Waals surface area (Å²) in [6, 6.07) is 9.71. The predicted molar refractivity (Wildman–Crippen MR) is 133 cm³/mol. The van der Waals surface area contributed by atoms with Crippen molar-refractivity contribution >= 4 is 11.8 Å². The van der Waals surface area contributed by atoms with Crippen LogP contribution in [-0.4, -0.2) is 42.5 Å². The molecule has 0 spiro atoms. The number of anilines is 1. The molecule has 0 unspecified atom stereocenters. The molecule has 4 rings (SSSR count). The van der Waals surface area contributed by atoms with Gasteiger partial charge in [0.1, 0.15) is 5.84 Å². The predicted octanol–water partition coefficient (Wildman–Crippen LogP) is 4.12. The highest BCUT2D eigenvalue weighted by Crippen LogP contribution is 2.31. The summed E-state index contributed by atoms with van der Waals surface area (Å²) in [7, 11) is 1.61. The summed E-state index contributed by atoms with van der Waals surface area (Å²) < 4.78 is 35.3. The second kappa shape index (κ2) is 11.2. The summed E-state index contributed by atoms with van der Waals surface area (Å²) in [6.45, 7) is 3.88. The van der Waals surface area contributed by atoms with Gasteiger partial charge in [-0.05, 0) is 60.1 Å². The summed E-state index contributed by atoms with van der Waals surface area (Å²) in [5.41, 5.74) is 5.38. The summed E-state index contributed by atoms with van der Waals surface area (Å²) in [4.78, 5) is 15.1. The molecule has 0 amide bonds. The number of benzene rings is 2. The first-order valence-corrected chi connectivity index (χ1v) is 11.7. The number of hydrazine groups is 1. The lowest BCUT2D eigenvalue weighted by Gasteiger charge is -2.31. The highest BCUT2D eigenvalue weighted by Gasteiger charge is 2.23. The molecule has 1 aliphatic rings. The average Bonchev–Trinajstić information content (AvgIpc) is 2.89. The van der Waals surface area contributed by atoms with Gasteiger partial charge in [0.15, 0.2) is 17.4 Å². The maximum atomic E-state index is 14.8. The van der Waals surface area contributed by atoms with E-state index in [2.05, 4.69) is 32.2 Å². The molecule has 9 heteroatoms. The van der Waals surface area contributed by atoms with Gasteiger partial charge < -0.3 is 15.1 Å². The lowest BCUT2D eigenvalue weighted by molar-refractivity contribution is 0.207. The number of halogens is 2. The zero-order valence-corrected chi connectivity index (χ0v) is 20.0. The molecular formula is C26H30F2N6O. The molecule has 7 nitrogen and oxygen atoms in total. The van der Waals surface area contributed by atoms with Gasteiger partial charge >= 0.3 is 0 Å². The van der Waals surface area contributed by atoms with Crippen molar-refractivity contribution in [3.05, 3.63) is 71.6 Å². The number of nitrogens with two attached hydrogens (primary N) is 1. The highest BCUT2D eigenvalue weighted by atomic mass is 19.1. The smallest absolute Gasteiger partial charge is 0.225 e. The molecule has 1 aromatic heterocycles. The first kappa shape index (κ1) is 24.5. The number of hydrogen-bond donors (Lipinski definition) is 2. The van der Waals surface area contributed by atoms with Crippen molar-refractivity contribution in [1.82, 2.24) is 15.4 Å². The molecule has 3 N–H and O–H groups in total. The molecule has 1 aliphatic heterocycles. The van der Waals surface area contributed by atoms with Gasteiger partial charge in [-0.2, -0.15) is 0 Å². The van der Waals surface area contributed by atoms with E-state index in [0.29, 0.717) is 22.5 Å². The molecule has 0 atom stereocenters. The number of rotatable bonds is 7. The Morgan fingerprint density at radius 3 is 2.40 bits per heavy atom. The standard InChI is InChI=1S/C26H30F2N6O/c1-3-17-14-31-26(32-15-17)34-9-7-18(8-10-34)16-35-24-22(27)12-21(13-23(24)28)19-5-4-6-20(11-19)25(30-2)33-29/h4-6,11-15,18H,3,7-10,16,29H2,1-2H3,(H,30,33). The van der Waals surface area contributed by atoms with Gasteiger partial charge in [-0.1, -0.05) is 25.1 Å². The Morgan fingerprint density at radius 2 is 1.80 bits per heavy atom. The Hall–Kier alpha value is -3.59. The van der Waals surface area contributed by atoms with Gasteiger partial charge in [0, 0.05) is 38.1 Å². The van der Waals surface area contributed by atoms with Gasteiger partial charge in [0.2, 0.25) is 5.95 Å². The van der Waals surface area contributed by atoms with E-state index in [1.165, 1.54) is 12.1 Å². The summed E-state index contributed by atoms with van der Waals surface area (Å²) >= 11 is 0. The van der Waals surface area contributed by atoms with Crippen LogP contribution < -0.4 is 20.9 Å². The third-order valence-corrected chi connectivity index (χ3v) is 6.29. The Labute approximate surface area is 204 Å². The third-order valence-electron chi connectivity index (χ3n) is 6.29. The molecule has 184 valence electrons. The minimum absolute atomic E-state index is 0.201. The SMILES string of the molecule is CCc1cnc(N2CCC(COc3c(F)cc(-c4cccc(C(=NC)NN)c4)cc3F)CC2)nc1. The Balaban J connectivity index is 1.38. The second-order valence-electron chi connectivity index (χ2n) is 8.55. The lowest BCUT2D eigenvalue weighted by Crippen LogP contribution is -2.36. The van der Waals surface area contributed by atoms with Crippen LogP contribution in [0.3, 0.4) is 0 Å². The van der Waals surface area contributed by atoms with Crippen molar-refractivity contribution in [2.45, 2.75) is 26.2 Å². The van der Waals surface area contributed by atoms with Gasteiger partial charge in [-0.25, -0.2) is 24.6 Å². The van der Waals surface area contributed by atoms with Gasteiger partial charge in [0.25, 0.3) is 0 Å². The van der Waals surface area contributed by atoms with Crippen molar-refractivity contribution in [3.63, 3.8) is 0 Å². The van der Waals surface area contributed by atoms with Gasteiger partial charge in [-0.15, -0.1) is 0 Å². The molecule has 0 radical (unpaired) electrons. The van der Waals surface area contributed by atoms with E-state index in [1.54, 1.807) is 25.2 Å². The number of nitrogens with one attached hydrogen (secondary N) is 1. The number of aromatic nitrogens is 2. The Morgan fingerprint density at radius 1 is 1.11 bits per heavy atom. The molecule has 35 heavy (non-hydrogen) atoms. The average molecular weight is 481 g/mol. The zero-order chi connectivity index (χ0) is 24.8. The number of amidine groups is 1. The lowest BCUT2D eigenvalue weighted by atomic mass is 9.98. The molecule has 2 heterocycles. The van der Waals surface area contributed by atoms with Crippen LogP contribution in [0.5, 0.6) is 5.75 Å². The number of nitrogens with zero attached hydrogens (tertiary/aromatic N) is 4. The van der Waals surface area contributed by atoms with E-state index < -0.39 is 11.6 Å². The molecule has 2 aromatic carbocycles. The third kappa shape index (κ3) is 5.74. The largest absolute Gasteiger partial charge is 0.487 e. The van der Waals surface area contributed by atoms with Crippen molar-refractivity contribution in [2.24, 2.45) is 16.8 Å². The van der Waals surface area contributed by atoms with Crippen molar-refractivity contribution in [2.75, 3.05) is 31.6 Å². The first-order valence-electron chi connectivity index (χ1n) is 11.7. The number of hydrogen-bond acceptors (Lipinski definition) is 6. The summed E-state index contributed by atoms with van der Waals surface area (Å²) in [5, 5.41) is 0. The van der Waals surface area contributed by atoms with E-state index >= 15 is 0 Å². The Bertz CT molecular complexity index is 1150. The van der Waals surface area contributed by atoms with Crippen LogP contribution in [0.25, 0.3) is 11.1 Å². The van der Waals surface area contributed by atoms with Crippen LogP contribution in [-0.2, 0) is 6.42 Å².